The number of nitrogens with zero attached hydrogens (tertiary/aromatic N) is 3. The lowest BCUT2D eigenvalue weighted by Crippen LogP contribution is -2.32. The molecule has 0 bridgehead atoms. The van der Waals surface area contributed by atoms with E-state index in [2.05, 4.69) is 16.3 Å². The molecule has 1 aliphatic heterocycles. The van der Waals surface area contributed by atoms with Crippen LogP contribution in [0.5, 0.6) is 11.5 Å². The maximum atomic E-state index is 12.8. The minimum absolute atomic E-state index is 0.236. The molecular formula is C27H26ClF3N4O2. The fourth-order valence-corrected chi connectivity index (χ4v) is 4.83. The van der Waals surface area contributed by atoms with Crippen LogP contribution in [0, 0.1) is 0 Å². The Balaban J connectivity index is 1.27. The van der Waals surface area contributed by atoms with E-state index < -0.39 is 11.7 Å². The first kappa shape index (κ1) is 25.2. The second kappa shape index (κ2) is 10.1. The van der Waals surface area contributed by atoms with Crippen LogP contribution >= 0.6 is 11.6 Å². The molecule has 1 N–H and O–H groups in total. The first-order valence-corrected chi connectivity index (χ1v) is 12.2. The summed E-state index contributed by atoms with van der Waals surface area (Å²) >= 11 is 6.35. The van der Waals surface area contributed by atoms with E-state index in [4.69, 9.17) is 26.1 Å². The molecule has 2 aromatic heterocycles. The molecule has 0 radical (unpaired) electrons. The second-order valence-corrected chi connectivity index (χ2v) is 9.38. The van der Waals surface area contributed by atoms with Gasteiger partial charge in [0.2, 0.25) is 0 Å². The molecule has 37 heavy (non-hydrogen) atoms. The summed E-state index contributed by atoms with van der Waals surface area (Å²) in [6.07, 6.45) is 0.523. The van der Waals surface area contributed by atoms with Gasteiger partial charge in [0, 0.05) is 61.5 Å². The van der Waals surface area contributed by atoms with E-state index in [-0.39, 0.29) is 6.04 Å². The van der Waals surface area contributed by atoms with Gasteiger partial charge in [0.1, 0.15) is 17.1 Å². The van der Waals surface area contributed by atoms with Crippen LogP contribution in [0.4, 0.5) is 18.9 Å². The van der Waals surface area contributed by atoms with E-state index in [1.54, 1.807) is 26.4 Å². The molecule has 1 aliphatic rings. The fraction of sp³-hybridized carbons (Fsp3) is 0.296. The molecule has 3 heterocycles. The highest BCUT2D eigenvalue weighted by Crippen LogP contribution is 2.38. The van der Waals surface area contributed by atoms with Crippen molar-refractivity contribution >= 4 is 22.9 Å². The Hall–Kier alpha value is -3.43. The molecule has 1 fully saturated rings. The van der Waals surface area contributed by atoms with E-state index in [0.29, 0.717) is 23.1 Å². The number of anilines is 1. The zero-order valence-corrected chi connectivity index (χ0v) is 21.1. The van der Waals surface area contributed by atoms with Crippen LogP contribution in [0.25, 0.3) is 16.9 Å². The standard InChI is InChI=1S/C27H26ClF3N4O2/c1-36-24-13-25(37-2)22(28)12-21(24)23-16-35-10-8-20(11-26(35)33-23)34-9-7-19(15-34)32-14-17-3-5-18(6-4-17)27(29,30)31/h3-6,8,10-13,16,19,32H,7,9,14-15H2,1-2H3. The van der Waals surface area contributed by atoms with Crippen molar-refractivity contribution in [3.8, 4) is 22.8 Å². The highest BCUT2D eigenvalue weighted by molar-refractivity contribution is 6.32. The number of imidazole rings is 1. The molecule has 194 valence electrons. The molecule has 1 atom stereocenters. The first-order chi connectivity index (χ1) is 17.7. The molecule has 0 saturated carbocycles. The molecule has 2 aromatic carbocycles. The number of pyridine rings is 1. The molecule has 5 rings (SSSR count). The van der Waals surface area contributed by atoms with Gasteiger partial charge in [-0.25, -0.2) is 4.98 Å². The van der Waals surface area contributed by atoms with Gasteiger partial charge < -0.3 is 24.1 Å². The molecule has 10 heteroatoms. The number of benzene rings is 2. The lowest BCUT2D eigenvalue weighted by atomic mass is 10.1. The molecule has 1 saturated heterocycles. The molecule has 6 nitrogen and oxygen atoms in total. The second-order valence-electron chi connectivity index (χ2n) is 8.97. The van der Waals surface area contributed by atoms with Crippen LogP contribution in [-0.2, 0) is 12.7 Å². The van der Waals surface area contributed by atoms with Gasteiger partial charge in [-0.15, -0.1) is 0 Å². The summed E-state index contributed by atoms with van der Waals surface area (Å²) in [5.74, 6) is 1.15. The molecule has 1 unspecified atom stereocenters. The van der Waals surface area contributed by atoms with E-state index in [9.17, 15) is 13.2 Å². The Morgan fingerprint density at radius 1 is 1.05 bits per heavy atom. The lowest BCUT2D eigenvalue weighted by Gasteiger charge is -2.19. The largest absolute Gasteiger partial charge is 0.496 e. The Morgan fingerprint density at radius 3 is 2.51 bits per heavy atom. The summed E-state index contributed by atoms with van der Waals surface area (Å²) in [6, 6.07) is 13.2. The molecule has 4 aromatic rings. The normalized spacial score (nSPS) is 15.9. The van der Waals surface area contributed by atoms with Gasteiger partial charge in [0.25, 0.3) is 0 Å². The number of fused-ring (bicyclic) bond motifs is 1. The van der Waals surface area contributed by atoms with Crippen LogP contribution in [0.15, 0.2) is 60.9 Å². The molecule has 0 spiro atoms. The van der Waals surface area contributed by atoms with Crippen LogP contribution in [-0.4, -0.2) is 42.7 Å². The number of aromatic nitrogens is 2. The summed E-state index contributed by atoms with van der Waals surface area (Å²) in [7, 11) is 3.15. The Labute approximate surface area is 217 Å². The topological polar surface area (TPSA) is 51.0 Å². The number of methoxy groups -OCH3 is 2. The van der Waals surface area contributed by atoms with E-state index in [0.717, 1.165) is 59.8 Å². The quantitative estimate of drug-likeness (QED) is 0.315. The van der Waals surface area contributed by atoms with Crippen molar-refractivity contribution in [2.24, 2.45) is 0 Å². The number of halogens is 4. The molecule has 0 aliphatic carbocycles. The van der Waals surface area contributed by atoms with Gasteiger partial charge in [-0.2, -0.15) is 13.2 Å². The highest BCUT2D eigenvalue weighted by Gasteiger charge is 2.30. The van der Waals surface area contributed by atoms with E-state index in [1.807, 2.05) is 22.9 Å². The number of hydrogen-bond acceptors (Lipinski definition) is 5. The maximum Gasteiger partial charge on any atom is 0.416 e. The lowest BCUT2D eigenvalue weighted by molar-refractivity contribution is -0.137. The summed E-state index contributed by atoms with van der Waals surface area (Å²) < 4.78 is 51.1. The van der Waals surface area contributed by atoms with Crippen molar-refractivity contribution in [1.29, 1.82) is 0 Å². The zero-order chi connectivity index (χ0) is 26.2. The predicted molar refractivity (Wildman–Crippen MR) is 138 cm³/mol. The average molecular weight is 531 g/mol. The minimum atomic E-state index is -4.32. The third kappa shape index (κ3) is 5.33. The summed E-state index contributed by atoms with van der Waals surface area (Å²) in [5, 5.41) is 3.94. The number of nitrogens with one attached hydrogen (secondary N) is 1. The van der Waals surface area contributed by atoms with Gasteiger partial charge in [-0.3, -0.25) is 0 Å². The van der Waals surface area contributed by atoms with Gasteiger partial charge in [0.15, 0.2) is 0 Å². The van der Waals surface area contributed by atoms with Crippen molar-refractivity contribution in [2.45, 2.75) is 25.2 Å². The SMILES string of the molecule is COc1cc(OC)c(-c2cn3ccc(N4CCC(NCc5ccc(C(F)(F)F)cc5)C4)cc3n2)cc1Cl. The summed E-state index contributed by atoms with van der Waals surface area (Å²) in [4.78, 5) is 7.08. The third-order valence-corrected chi connectivity index (χ3v) is 6.92. The molecule has 0 amide bonds. The molecular weight excluding hydrogens is 505 g/mol. The minimum Gasteiger partial charge on any atom is -0.496 e. The van der Waals surface area contributed by atoms with Crippen molar-refractivity contribution in [3.63, 3.8) is 0 Å². The number of rotatable bonds is 7. The first-order valence-electron chi connectivity index (χ1n) is 11.8. The third-order valence-electron chi connectivity index (χ3n) is 6.62. The number of alkyl halides is 3. The zero-order valence-electron chi connectivity index (χ0n) is 20.3. The van der Waals surface area contributed by atoms with Crippen LogP contribution in [0.1, 0.15) is 17.5 Å². The maximum absolute atomic E-state index is 12.8. The Morgan fingerprint density at radius 2 is 1.81 bits per heavy atom. The van der Waals surface area contributed by atoms with Crippen molar-refractivity contribution in [3.05, 3.63) is 77.1 Å². The Bertz CT molecular complexity index is 1410. The average Bonchev–Trinajstić information content (AvgIpc) is 3.54. The Kier molecular flexibility index (Phi) is 6.92. The van der Waals surface area contributed by atoms with Gasteiger partial charge in [-0.1, -0.05) is 23.7 Å². The van der Waals surface area contributed by atoms with Gasteiger partial charge in [0.05, 0.1) is 30.5 Å². The van der Waals surface area contributed by atoms with Crippen LogP contribution in [0.3, 0.4) is 0 Å². The number of hydrogen-bond donors (Lipinski definition) is 1. The van der Waals surface area contributed by atoms with Crippen LogP contribution < -0.4 is 19.7 Å². The summed E-state index contributed by atoms with van der Waals surface area (Å²) in [5.41, 5.74) is 3.55. The predicted octanol–water partition coefficient (Wildman–Crippen LogP) is 6.06. The van der Waals surface area contributed by atoms with Crippen molar-refractivity contribution in [2.75, 3.05) is 32.2 Å². The van der Waals surface area contributed by atoms with Crippen LogP contribution in [0.2, 0.25) is 5.02 Å². The van der Waals surface area contributed by atoms with Crippen molar-refractivity contribution in [1.82, 2.24) is 14.7 Å². The monoisotopic (exact) mass is 530 g/mol. The fourth-order valence-electron chi connectivity index (χ4n) is 4.59. The van der Waals surface area contributed by atoms with E-state index >= 15 is 0 Å². The highest BCUT2D eigenvalue weighted by atomic mass is 35.5. The number of ether oxygens (including phenoxy) is 2. The summed E-state index contributed by atoms with van der Waals surface area (Å²) in [6.45, 7) is 2.19. The van der Waals surface area contributed by atoms with Crippen molar-refractivity contribution < 1.29 is 22.6 Å². The smallest absolute Gasteiger partial charge is 0.416 e. The van der Waals surface area contributed by atoms with Gasteiger partial charge in [-0.05, 0) is 36.2 Å². The van der Waals surface area contributed by atoms with Gasteiger partial charge >= 0.3 is 6.18 Å². The van der Waals surface area contributed by atoms with E-state index in [1.165, 1.54) is 12.1 Å².